The Bertz CT molecular complexity index is 884. The van der Waals surface area contributed by atoms with Crippen LogP contribution in [0.2, 0.25) is 0 Å². The number of aromatic nitrogens is 1. The van der Waals surface area contributed by atoms with Gasteiger partial charge in [-0.25, -0.2) is 4.79 Å². The number of para-hydroxylation sites is 1. The summed E-state index contributed by atoms with van der Waals surface area (Å²) in [4.78, 5) is 24.1. The standard InChI is InChI=1S/C19H18N2O3/c1-21-16-10-6-5-9-14(16)12-17(21)18(22)20-15(19(23)24)11-13-7-3-2-4-8-13/h2-10,12,15H,11H2,1H3,(H,20,22)(H,23,24)/t15-/m0/s1. The van der Waals surface area contributed by atoms with E-state index >= 15 is 0 Å². The van der Waals surface area contributed by atoms with Crippen LogP contribution in [0.15, 0.2) is 60.7 Å². The summed E-state index contributed by atoms with van der Waals surface area (Å²) in [5.41, 5.74) is 2.23. The van der Waals surface area contributed by atoms with E-state index in [1.54, 1.807) is 17.7 Å². The van der Waals surface area contributed by atoms with Crippen molar-refractivity contribution in [2.45, 2.75) is 12.5 Å². The molecule has 0 fully saturated rings. The predicted molar refractivity (Wildman–Crippen MR) is 92.0 cm³/mol. The number of benzene rings is 2. The topological polar surface area (TPSA) is 71.3 Å². The van der Waals surface area contributed by atoms with Gasteiger partial charge >= 0.3 is 5.97 Å². The highest BCUT2D eigenvalue weighted by molar-refractivity contribution is 6.00. The van der Waals surface area contributed by atoms with E-state index in [9.17, 15) is 14.7 Å². The second kappa shape index (κ2) is 6.58. The number of hydrogen-bond acceptors (Lipinski definition) is 2. The van der Waals surface area contributed by atoms with Gasteiger partial charge in [-0.05, 0) is 17.7 Å². The molecule has 122 valence electrons. The minimum absolute atomic E-state index is 0.242. The van der Waals surface area contributed by atoms with E-state index in [0.717, 1.165) is 16.5 Å². The smallest absolute Gasteiger partial charge is 0.326 e. The molecule has 2 aromatic carbocycles. The van der Waals surface area contributed by atoms with Gasteiger partial charge in [0.25, 0.3) is 5.91 Å². The normalized spacial score (nSPS) is 12.0. The Hall–Kier alpha value is -3.08. The van der Waals surface area contributed by atoms with Crippen molar-refractivity contribution in [3.8, 4) is 0 Å². The van der Waals surface area contributed by atoms with E-state index in [-0.39, 0.29) is 6.42 Å². The Morgan fingerprint density at radius 3 is 2.42 bits per heavy atom. The number of aliphatic carboxylic acids is 1. The van der Waals surface area contributed by atoms with E-state index in [2.05, 4.69) is 5.32 Å². The fourth-order valence-electron chi connectivity index (χ4n) is 2.79. The first-order chi connectivity index (χ1) is 11.6. The van der Waals surface area contributed by atoms with E-state index in [4.69, 9.17) is 0 Å². The molecule has 0 aliphatic rings. The van der Waals surface area contributed by atoms with Gasteiger partial charge in [0.15, 0.2) is 0 Å². The van der Waals surface area contributed by atoms with Crippen LogP contribution in [0, 0.1) is 0 Å². The maximum absolute atomic E-state index is 12.5. The quantitative estimate of drug-likeness (QED) is 0.758. The molecule has 0 bridgehead atoms. The average Bonchev–Trinajstić information content (AvgIpc) is 2.92. The Morgan fingerprint density at radius 2 is 1.75 bits per heavy atom. The SMILES string of the molecule is Cn1c(C(=O)N[C@@H](Cc2ccccc2)C(=O)O)cc2ccccc21. The molecule has 1 aromatic heterocycles. The summed E-state index contributed by atoms with van der Waals surface area (Å²) in [5.74, 6) is -1.44. The number of amides is 1. The number of fused-ring (bicyclic) bond motifs is 1. The van der Waals surface area contributed by atoms with Crippen LogP contribution < -0.4 is 5.32 Å². The minimum Gasteiger partial charge on any atom is -0.480 e. The van der Waals surface area contributed by atoms with Crippen LogP contribution in [0.25, 0.3) is 10.9 Å². The molecular formula is C19H18N2O3. The zero-order valence-corrected chi connectivity index (χ0v) is 13.3. The molecule has 1 atom stereocenters. The molecule has 0 unspecified atom stereocenters. The molecule has 24 heavy (non-hydrogen) atoms. The van der Waals surface area contributed by atoms with Gasteiger partial charge in [0.1, 0.15) is 11.7 Å². The average molecular weight is 322 g/mol. The van der Waals surface area contributed by atoms with Gasteiger partial charge in [-0.2, -0.15) is 0 Å². The van der Waals surface area contributed by atoms with Crippen LogP contribution in [-0.4, -0.2) is 27.6 Å². The van der Waals surface area contributed by atoms with Crippen molar-refractivity contribution in [1.29, 1.82) is 0 Å². The lowest BCUT2D eigenvalue weighted by Crippen LogP contribution is -2.42. The Labute approximate surface area is 139 Å². The van der Waals surface area contributed by atoms with Crippen LogP contribution in [0.1, 0.15) is 16.1 Å². The number of carbonyl (C=O) groups excluding carboxylic acids is 1. The van der Waals surface area contributed by atoms with E-state index < -0.39 is 17.9 Å². The summed E-state index contributed by atoms with van der Waals surface area (Å²) >= 11 is 0. The van der Waals surface area contributed by atoms with Crippen LogP contribution >= 0.6 is 0 Å². The van der Waals surface area contributed by atoms with Crippen LogP contribution in [-0.2, 0) is 18.3 Å². The molecular weight excluding hydrogens is 304 g/mol. The summed E-state index contributed by atoms with van der Waals surface area (Å²) in [6, 6.07) is 17.7. The zero-order chi connectivity index (χ0) is 17.1. The Morgan fingerprint density at radius 1 is 1.08 bits per heavy atom. The molecule has 5 heteroatoms. The number of carboxylic acid groups (broad SMARTS) is 1. The Kier molecular flexibility index (Phi) is 4.33. The molecule has 0 saturated carbocycles. The van der Waals surface area contributed by atoms with E-state index in [1.165, 1.54) is 0 Å². The fraction of sp³-hybridized carbons (Fsp3) is 0.158. The molecule has 0 aliphatic heterocycles. The third-order valence-electron chi connectivity index (χ3n) is 4.07. The largest absolute Gasteiger partial charge is 0.480 e. The van der Waals surface area contributed by atoms with Gasteiger partial charge in [-0.3, -0.25) is 4.79 Å². The van der Waals surface area contributed by atoms with Crippen molar-refractivity contribution in [3.63, 3.8) is 0 Å². The van der Waals surface area contributed by atoms with Gasteiger partial charge in [0.2, 0.25) is 0 Å². The summed E-state index contributed by atoms with van der Waals surface area (Å²) in [6.45, 7) is 0. The first-order valence-electron chi connectivity index (χ1n) is 7.68. The van der Waals surface area contributed by atoms with Gasteiger partial charge in [-0.1, -0.05) is 48.5 Å². The zero-order valence-electron chi connectivity index (χ0n) is 13.3. The maximum Gasteiger partial charge on any atom is 0.326 e. The van der Waals surface area contributed by atoms with Crippen molar-refractivity contribution < 1.29 is 14.7 Å². The van der Waals surface area contributed by atoms with Crippen LogP contribution in [0.4, 0.5) is 0 Å². The molecule has 0 saturated heterocycles. The predicted octanol–water partition coefficient (Wildman–Crippen LogP) is 2.60. The van der Waals surface area contributed by atoms with Crippen molar-refractivity contribution >= 4 is 22.8 Å². The molecule has 1 heterocycles. The number of carbonyl (C=O) groups is 2. The molecule has 5 nitrogen and oxygen atoms in total. The first-order valence-corrected chi connectivity index (χ1v) is 7.68. The molecule has 0 spiro atoms. The second-order valence-corrected chi connectivity index (χ2v) is 5.70. The van der Waals surface area contributed by atoms with E-state index in [0.29, 0.717) is 5.69 Å². The Balaban J connectivity index is 1.82. The fourth-order valence-corrected chi connectivity index (χ4v) is 2.79. The molecule has 1 amide bonds. The molecule has 0 aliphatic carbocycles. The minimum atomic E-state index is -1.05. The van der Waals surface area contributed by atoms with Gasteiger partial charge in [0.05, 0.1) is 0 Å². The summed E-state index contributed by atoms with van der Waals surface area (Å²) in [5, 5.41) is 13.0. The van der Waals surface area contributed by atoms with Crippen molar-refractivity contribution in [1.82, 2.24) is 9.88 Å². The lowest BCUT2D eigenvalue weighted by molar-refractivity contribution is -0.139. The highest BCUT2D eigenvalue weighted by Gasteiger charge is 2.23. The lowest BCUT2D eigenvalue weighted by atomic mass is 10.1. The number of aryl methyl sites for hydroxylation is 1. The van der Waals surface area contributed by atoms with Gasteiger partial charge in [0, 0.05) is 24.4 Å². The van der Waals surface area contributed by atoms with E-state index in [1.807, 2.05) is 54.6 Å². The highest BCUT2D eigenvalue weighted by atomic mass is 16.4. The van der Waals surface area contributed by atoms with Gasteiger partial charge in [-0.15, -0.1) is 0 Å². The summed E-state index contributed by atoms with van der Waals surface area (Å²) < 4.78 is 1.77. The van der Waals surface area contributed by atoms with Crippen molar-refractivity contribution in [3.05, 3.63) is 71.9 Å². The number of nitrogens with one attached hydrogen (secondary N) is 1. The number of nitrogens with zero attached hydrogens (tertiary/aromatic N) is 1. The third kappa shape index (κ3) is 3.15. The van der Waals surface area contributed by atoms with Crippen LogP contribution in [0.5, 0.6) is 0 Å². The van der Waals surface area contributed by atoms with Gasteiger partial charge < -0.3 is 15.0 Å². The van der Waals surface area contributed by atoms with Crippen molar-refractivity contribution in [2.24, 2.45) is 7.05 Å². The lowest BCUT2D eigenvalue weighted by Gasteiger charge is -2.15. The second-order valence-electron chi connectivity index (χ2n) is 5.70. The molecule has 3 rings (SSSR count). The van der Waals surface area contributed by atoms with Crippen LogP contribution in [0.3, 0.4) is 0 Å². The first kappa shape index (κ1) is 15.8. The molecule has 2 N–H and O–H groups in total. The number of hydrogen-bond donors (Lipinski definition) is 2. The number of carboxylic acids is 1. The third-order valence-corrected chi connectivity index (χ3v) is 4.07. The van der Waals surface area contributed by atoms with Crippen molar-refractivity contribution in [2.75, 3.05) is 0 Å². The number of rotatable bonds is 5. The maximum atomic E-state index is 12.5. The monoisotopic (exact) mass is 322 g/mol. The molecule has 0 radical (unpaired) electrons. The summed E-state index contributed by atoms with van der Waals surface area (Å²) in [6.07, 6.45) is 0.242. The highest BCUT2D eigenvalue weighted by Crippen LogP contribution is 2.18. The summed E-state index contributed by atoms with van der Waals surface area (Å²) in [7, 11) is 1.80. The molecule has 3 aromatic rings.